The van der Waals surface area contributed by atoms with Crippen LogP contribution < -0.4 is 0 Å². The maximum absolute atomic E-state index is 13.2. The van der Waals surface area contributed by atoms with Crippen molar-refractivity contribution in [2.45, 2.75) is 26.8 Å². The topological polar surface area (TPSA) is 20.3 Å². The van der Waals surface area contributed by atoms with Crippen molar-refractivity contribution in [2.75, 3.05) is 12.4 Å². The summed E-state index contributed by atoms with van der Waals surface area (Å²) in [7, 11) is 0. The molecule has 0 aromatic heterocycles. The van der Waals surface area contributed by atoms with Gasteiger partial charge in [-0.2, -0.15) is 0 Å². The molecule has 0 aliphatic heterocycles. The molecule has 1 amide bonds. The smallest absolute Gasteiger partial charge is 0.254 e. The molecular weight excluding hydrogens is 241 g/mol. The number of carbonyl (C=O) groups excluding carboxylic acids is 1. The number of nitrogens with zero attached hydrogens (tertiary/aromatic N) is 1. The predicted octanol–water partition coefficient (Wildman–Crippen LogP) is 3.22. The van der Waals surface area contributed by atoms with Crippen molar-refractivity contribution in [2.24, 2.45) is 0 Å². The van der Waals surface area contributed by atoms with Crippen LogP contribution in [0.4, 0.5) is 4.39 Å². The van der Waals surface area contributed by atoms with E-state index >= 15 is 0 Å². The fraction of sp³-hybridized carbons (Fsp3) is 0.462. The maximum atomic E-state index is 13.2. The van der Waals surface area contributed by atoms with Crippen LogP contribution in [0.15, 0.2) is 18.2 Å². The maximum Gasteiger partial charge on any atom is 0.254 e. The second kappa shape index (κ2) is 6.01. The average molecular weight is 258 g/mol. The number of alkyl halides is 1. The Morgan fingerprint density at radius 2 is 2.06 bits per heavy atom. The number of hydrogen-bond acceptors (Lipinski definition) is 1. The molecule has 0 saturated heterocycles. The highest BCUT2D eigenvalue weighted by molar-refractivity contribution is 6.18. The van der Waals surface area contributed by atoms with Gasteiger partial charge in [-0.25, -0.2) is 4.39 Å². The van der Waals surface area contributed by atoms with E-state index in [9.17, 15) is 9.18 Å². The van der Waals surface area contributed by atoms with E-state index in [4.69, 9.17) is 11.6 Å². The SMILES string of the molecule is Cc1cc(F)cc(C(=O)N(CCCl)C(C)C)c1. The summed E-state index contributed by atoms with van der Waals surface area (Å²) in [5, 5.41) is 0. The molecule has 0 N–H and O–H groups in total. The van der Waals surface area contributed by atoms with E-state index in [0.29, 0.717) is 18.0 Å². The van der Waals surface area contributed by atoms with E-state index in [1.165, 1.54) is 12.1 Å². The quantitative estimate of drug-likeness (QED) is 0.759. The number of benzene rings is 1. The Labute approximate surface area is 106 Å². The van der Waals surface area contributed by atoms with Crippen LogP contribution >= 0.6 is 11.6 Å². The molecule has 0 saturated carbocycles. The molecule has 0 bridgehead atoms. The number of halogens is 2. The van der Waals surface area contributed by atoms with Crippen molar-refractivity contribution >= 4 is 17.5 Å². The van der Waals surface area contributed by atoms with Crippen molar-refractivity contribution in [3.63, 3.8) is 0 Å². The first-order valence-corrected chi connectivity index (χ1v) is 6.13. The van der Waals surface area contributed by atoms with Gasteiger partial charge >= 0.3 is 0 Å². The van der Waals surface area contributed by atoms with Crippen molar-refractivity contribution in [3.05, 3.63) is 35.1 Å². The van der Waals surface area contributed by atoms with E-state index in [0.717, 1.165) is 5.56 Å². The van der Waals surface area contributed by atoms with E-state index in [1.54, 1.807) is 17.9 Å². The molecule has 17 heavy (non-hydrogen) atoms. The Hall–Kier alpha value is -1.09. The third kappa shape index (κ3) is 3.70. The lowest BCUT2D eigenvalue weighted by Gasteiger charge is -2.26. The first-order chi connectivity index (χ1) is 7.95. The van der Waals surface area contributed by atoms with Gasteiger partial charge in [0.25, 0.3) is 5.91 Å². The molecule has 0 fully saturated rings. The number of carbonyl (C=O) groups is 1. The van der Waals surface area contributed by atoms with Crippen LogP contribution in [0.2, 0.25) is 0 Å². The van der Waals surface area contributed by atoms with E-state index in [1.807, 2.05) is 13.8 Å². The van der Waals surface area contributed by atoms with Crippen molar-refractivity contribution in [1.82, 2.24) is 4.90 Å². The van der Waals surface area contributed by atoms with Crippen molar-refractivity contribution in [3.8, 4) is 0 Å². The molecular formula is C13H17ClFNO. The average Bonchev–Trinajstić information content (AvgIpc) is 2.23. The van der Waals surface area contributed by atoms with Crippen LogP contribution in [0.25, 0.3) is 0 Å². The minimum atomic E-state index is -0.386. The Morgan fingerprint density at radius 3 is 2.53 bits per heavy atom. The van der Waals surface area contributed by atoms with Gasteiger partial charge in [-0.3, -0.25) is 4.79 Å². The van der Waals surface area contributed by atoms with Gasteiger partial charge < -0.3 is 4.90 Å². The molecule has 0 aliphatic carbocycles. The van der Waals surface area contributed by atoms with Gasteiger partial charge in [0.05, 0.1) is 0 Å². The molecule has 1 aromatic carbocycles. The summed E-state index contributed by atoms with van der Waals surface area (Å²) in [6.07, 6.45) is 0. The molecule has 94 valence electrons. The summed E-state index contributed by atoms with van der Waals surface area (Å²) in [5.41, 5.74) is 1.12. The van der Waals surface area contributed by atoms with Crippen molar-refractivity contribution in [1.29, 1.82) is 0 Å². The minimum Gasteiger partial charge on any atom is -0.335 e. The molecule has 1 rings (SSSR count). The number of amides is 1. The second-order valence-electron chi connectivity index (χ2n) is 4.30. The van der Waals surface area contributed by atoms with E-state index in [-0.39, 0.29) is 17.8 Å². The third-order valence-electron chi connectivity index (χ3n) is 2.50. The largest absolute Gasteiger partial charge is 0.335 e. The highest BCUT2D eigenvalue weighted by Gasteiger charge is 2.18. The van der Waals surface area contributed by atoms with Gasteiger partial charge in [0, 0.05) is 24.0 Å². The van der Waals surface area contributed by atoms with Crippen LogP contribution in [-0.4, -0.2) is 29.3 Å². The first-order valence-electron chi connectivity index (χ1n) is 5.60. The number of rotatable bonds is 4. The summed E-state index contributed by atoms with van der Waals surface area (Å²) in [6.45, 7) is 6.06. The third-order valence-corrected chi connectivity index (χ3v) is 2.67. The van der Waals surface area contributed by atoms with Crippen LogP contribution in [-0.2, 0) is 0 Å². The molecule has 1 aromatic rings. The van der Waals surface area contributed by atoms with Gasteiger partial charge in [0.1, 0.15) is 5.82 Å². The Balaban J connectivity index is 3.00. The molecule has 0 heterocycles. The Bertz CT molecular complexity index is 386. The lowest BCUT2D eigenvalue weighted by molar-refractivity contribution is 0.0717. The summed E-state index contributed by atoms with van der Waals surface area (Å²) in [6, 6.07) is 4.40. The molecule has 0 aliphatic rings. The van der Waals surface area contributed by atoms with Gasteiger partial charge in [0.15, 0.2) is 0 Å². The van der Waals surface area contributed by atoms with Crippen LogP contribution in [0.3, 0.4) is 0 Å². The fourth-order valence-corrected chi connectivity index (χ4v) is 1.89. The first kappa shape index (κ1) is 14.0. The van der Waals surface area contributed by atoms with E-state index in [2.05, 4.69) is 0 Å². The fourth-order valence-electron chi connectivity index (χ4n) is 1.71. The summed E-state index contributed by atoms with van der Waals surface area (Å²) in [5.74, 6) is -0.190. The lowest BCUT2D eigenvalue weighted by Crippen LogP contribution is -2.38. The van der Waals surface area contributed by atoms with Crippen LogP contribution in [0.5, 0.6) is 0 Å². The Kier molecular flexibility index (Phi) is 4.94. The van der Waals surface area contributed by atoms with Gasteiger partial charge in [-0.1, -0.05) is 0 Å². The zero-order valence-corrected chi connectivity index (χ0v) is 11.1. The zero-order chi connectivity index (χ0) is 13.0. The predicted molar refractivity (Wildman–Crippen MR) is 68.0 cm³/mol. The molecule has 0 radical (unpaired) electrons. The second-order valence-corrected chi connectivity index (χ2v) is 4.68. The Morgan fingerprint density at radius 1 is 1.41 bits per heavy atom. The van der Waals surface area contributed by atoms with Crippen LogP contribution in [0, 0.1) is 12.7 Å². The zero-order valence-electron chi connectivity index (χ0n) is 10.3. The van der Waals surface area contributed by atoms with Gasteiger partial charge in [-0.15, -0.1) is 11.6 Å². The molecule has 2 nitrogen and oxygen atoms in total. The van der Waals surface area contributed by atoms with Gasteiger partial charge in [0.2, 0.25) is 0 Å². The number of hydrogen-bond donors (Lipinski definition) is 0. The summed E-state index contributed by atoms with van der Waals surface area (Å²) in [4.78, 5) is 13.8. The molecule has 0 unspecified atom stereocenters. The van der Waals surface area contributed by atoms with Crippen molar-refractivity contribution < 1.29 is 9.18 Å². The summed E-state index contributed by atoms with van der Waals surface area (Å²) < 4.78 is 13.2. The van der Waals surface area contributed by atoms with Gasteiger partial charge in [-0.05, 0) is 44.5 Å². The van der Waals surface area contributed by atoms with E-state index < -0.39 is 0 Å². The highest BCUT2D eigenvalue weighted by Crippen LogP contribution is 2.13. The normalized spacial score (nSPS) is 10.7. The standard InChI is InChI=1S/C13H17ClFNO/c1-9(2)16(5-4-14)13(17)11-6-10(3)7-12(15)8-11/h6-9H,4-5H2,1-3H3. The minimum absolute atomic E-state index is 0.0461. The molecule has 0 atom stereocenters. The van der Waals surface area contributed by atoms with Crippen LogP contribution in [0.1, 0.15) is 29.8 Å². The molecule has 4 heteroatoms. The summed E-state index contributed by atoms with van der Waals surface area (Å²) >= 11 is 5.67. The molecule has 0 spiro atoms. The lowest BCUT2D eigenvalue weighted by atomic mass is 10.1. The monoisotopic (exact) mass is 257 g/mol. The highest BCUT2D eigenvalue weighted by atomic mass is 35.5. The number of aryl methyl sites for hydroxylation is 1.